The van der Waals surface area contributed by atoms with Gasteiger partial charge in [-0.05, 0) is 74.1 Å². The first-order valence-electron chi connectivity index (χ1n) is 13.5. The third kappa shape index (κ3) is 5.15. The van der Waals surface area contributed by atoms with Crippen LogP contribution in [0.15, 0.2) is 72.2 Å². The molecule has 0 spiro atoms. The van der Waals surface area contributed by atoms with Crippen LogP contribution in [0.1, 0.15) is 50.7 Å². The number of fused-ring (bicyclic) bond motifs is 1. The number of aromatic nitrogens is 2. The average molecular weight is 553 g/mol. The van der Waals surface area contributed by atoms with Crippen LogP contribution in [0.4, 0.5) is 24.5 Å². The minimum absolute atomic E-state index is 0.00360. The average Bonchev–Trinajstić information content (AvgIpc) is 3.35. The molecule has 0 saturated carbocycles. The van der Waals surface area contributed by atoms with Crippen LogP contribution in [-0.4, -0.2) is 39.4 Å². The molecule has 3 aliphatic rings. The van der Waals surface area contributed by atoms with Gasteiger partial charge in [-0.2, -0.15) is 18.3 Å². The van der Waals surface area contributed by atoms with E-state index in [4.69, 9.17) is 0 Å². The predicted molar refractivity (Wildman–Crippen MR) is 146 cm³/mol. The molecule has 2 atom stereocenters. The molecular formula is C30H31F3N4O3. The van der Waals surface area contributed by atoms with E-state index >= 15 is 0 Å². The lowest BCUT2D eigenvalue weighted by Gasteiger charge is -2.29. The van der Waals surface area contributed by atoms with Gasteiger partial charge in [-0.25, -0.2) is 0 Å². The molecule has 2 unspecified atom stereocenters. The van der Waals surface area contributed by atoms with Crippen LogP contribution in [0.2, 0.25) is 0 Å². The van der Waals surface area contributed by atoms with E-state index in [0.717, 1.165) is 30.5 Å². The van der Waals surface area contributed by atoms with E-state index in [1.807, 2.05) is 19.2 Å². The number of benzene rings is 1. The largest absolute Gasteiger partial charge is 0.416 e. The second-order valence-electron chi connectivity index (χ2n) is 10.1. The highest BCUT2D eigenvalue weighted by Crippen LogP contribution is 2.44. The fraction of sp³-hybridized carbons (Fsp3) is 0.367. The van der Waals surface area contributed by atoms with E-state index in [2.05, 4.69) is 5.10 Å². The van der Waals surface area contributed by atoms with Gasteiger partial charge in [0.05, 0.1) is 29.2 Å². The van der Waals surface area contributed by atoms with Crippen molar-refractivity contribution in [2.24, 2.45) is 5.92 Å². The fourth-order valence-electron chi connectivity index (χ4n) is 5.47. The molecule has 0 saturated heterocycles. The highest BCUT2D eigenvalue weighted by atomic mass is 19.4. The molecule has 2 heterocycles. The zero-order chi connectivity index (χ0) is 28.6. The van der Waals surface area contributed by atoms with Crippen molar-refractivity contribution in [1.82, 2.24) is 9.78 Å². The SMILES string of the molecule is CCCn1cc(C2=CC(O)CC(C3C(=O)N(CC)c4ccc(C(F)(F)F)cc4N(C4=CCCC=C4)C3=O)=C2)cn1. The van der Waals surface area contributed by atoms with Gasteiger partial charge >= 0.3 is 6.18 Å². The Morgan fingerprint density at radius 2 is 1.90 bits per heavy atom. The maximum Gasteiger partial charge on any atom is 0.416 e. The Kier molecular flexibility index (Phi) is 7.55. The lowest BCUT2D eigenvalue weighted by molar-refractivity contribution is -0.137. The Balaban J connectivity index is 1.65. The van der Waals surface area contributed by atoms with Crippen molar-refractivity contribution >= 4 is 28.8 Å². The monoisotopic (exact) mass is 552 g/mol. The van der Waals surface area contributed by atoms with E-state index in [0.29, 0.717) is 29.8 Å². The maximum absolute atomic E-state index is 14.3. The number of aliphatic hydroxyl groups excluding tert-OH is 1. The number of allylic oxidation sites excluding steroid dienone is 5. The number of rotatable bonds is 6. The topological polar surface area (TPSA) is 78.7 Å². The number of nitrogens with zero attached hydrogens (tertiary/aromatic N) is 4. The van der Waals surface area contributed by atoms with Gasteiger partial charge < -0.3 is 10.0 Å². The van der Waals surface area contributed by atoms with Crippen molar-refractivity contribution in [3.8, 4) is 0 Å². The van der Waals surface area contributed by atoms with Crippen LogP contribution in [0.3, 0.4) is 0 Å². The first-order valence-corrected chi connectivity index (χ1v) is 13.5. The molecule has 0 bridgehead atoms. The van der Waals surface area contributed by atoms with Crippen LogP contribution in [0.5, 0.6) is 0 Å². The normalized spacial score (nSPS) is 21.6. The zero-order valence-corrected chi connectivity index (χ0v) is 22.4. The van der Waals surface area contributed by atoms with Crippen molar-refractivity contribution in [2.75, 3.05) is 16.3 Å². The minimum Gasteiger partial charge on any atom is -0.389 e. The van der Waals surface area contributed by atoms with Gasteiger partial charge in [0.25, 0.3) is 0 Å². The highest BCUT2D eigenvalue weighted by molar-refractivity contribution is 6.20. The number of aryl methyl sites for hydroxylation is 1. The predicted octanol–water partition coefficient (Wildman–Crippen LogP) is 5.64. The number of halogens is 3. The number of carbonyl (C=O) groups excluding carboxylic acids is 2. The molecule has 10 heteroatoms. The molecule has 1 aromatic heterocycles. The second kappa shape index (κ2) is 10.9. The number of anilines is 2. The summed E-state index contributed by atoms with van der Waals surface area (Å²) in [4.78, 5) is 31.0. The summed E-state index contributed by atoms with van der Waals surface area (Å²) in [6, 6.07) is 3.13. The molecule has 210 valence electrons. The molecule has 2 aromatic rings. The van der Waals surface area contributed by atoms with E-state index in [1.165, 1.54) is 15.9 Å². The Morgan fingerprint density at radius 3 is 2.58 bits per heavy atom. The Bertz CT molecular complexity index is 1450. The van der Waals surface area contributed by atoms with Gasteiger partial charge in [-0.1, -0.05) is 25.2 Å². The molecular weight excluding hydrogens is 521 g/mol. The van der Waals surface area contributed by atoms with Crippen LogP contribution in [0.25, 0.3) is 5.57 Å². The first-order chi connectivity index (χ1) is 19.1. The molecule has 2 amide bonds. The Hall–Kier alpha value is -3.92. The third-order valence-electron chi connectivity index (χ3n) is 7.31. The molecule has 7 nitrogen and oxygen atoms in total. The van der Waals surface area contributed by atoms with Gasteiger partial charge in [0.15, 0.2) is 0 Å². The number of alkyl halides is 3. The Labute approximate surface area is 230 Å². The molecule has 0 radical (unpaired) electrons. The summed E-state index contributed by atoms with van der Waals surface area (Å²) in [5.74, 6) is -2.53. The fourth-order valence-corrected chi connectivity index (χ4v) is 5.47. The van der Waals surface area contributed by atoms with Crippen LogP contribution in [-0.2, 0) is 22.3 Å². The molecule has 2 aliphatic carbocycles. The van der Waals surface area contributed by atoms with Gasteiger partial charge in [-0.3, -0.25) is 19.2 Å². The lowest BCUT2D eigenvalue weighted by Crippen LogP contribution is -2.43. The standard InChI is InChI=1S/C30H31F3N4O3/c1-3-12-35-18-21(17-34-35)19-13-20(15-24(38)14-19)27-28(39)36(4-2)25-11-10-22(30(31,32)33)16-26(25)37(29(27)40)23-8-6-5-7-9-23/h6,8-11,13-14,16-18,24,27,38H,3-5,7,12,15H2,1-2H3. The summed E-state index contributed by atoms with van der Waals surface area (Å²) in [6.45, 7) is 4.61. The minimum atomic E-state index is -4.63. The summed E-state index contributed by atoms with van der Waals surface area (Å²) in [5.41, 5.74) is 1.50. The maximum atomic E-state index is 14.3. The van der Waals surface area contributed by atoms with E-state index in [-0.39, 0.29) is 24.3 Å². The summed E-state index contributed by atoms with van der Waals surface area (Å²) in [7, 11) is 0. The third-order valence-corrected chi connectivity index (χ3v) is 7.31. The molecule has 40 heavy (non-hydrogen) atoms. The Morgan fingerprint density at radius 1 is 1.10 bits per heavy atom. The van der Waals surface area contributed by atoms with Crippen molar-refractivity contribution in [3.05, 3.63) is 83.4 Å². The van der Waals surface area contributed by atoms with Crippen molar-refractivity contribution in [3.63, 3.8) is 0 Å². The summed E-state index contributed by atoms with van der Waals surface area (Å²) in [5, 5.41) is 15.1. The number of aliphatic hydroxyl groups is 1. The summed E-state index contributed by atoms with van der Waals surface area (Å²) < 4.78 is 43.1. The molecule has 5 rings (SSSR count). The van der Waals surface area contributed by atoms with Gasteiger partial charge in [0.2, 0.25) is 11.8 Å². The van der Waals surface area contributed by atoms with Crippen LogP contribution < -0.4 is 9.80 Å². The number of amides is 2. The number of hydrogen-bond acceptors (Lipinski definition) is 4. The molecule has 1 N–H and O–H groups in total. The summed E-state index contributed by atoms with van der Waals surface area (Å²) >= 11 is 0. The molecule has 0 fully saturated rings. The van der Waals surface area contributed by atoms with Crippen LogP contribution >= 0.6 is 0 Å². The van der Waals surface area contributed by atoms with Crippen LogP contribution in [0, 0.1) is 5.92 Å². The van der Waals surface area contributed by atoms with E-state index in [1.54, 1.807) is 42.1 Å². The van der Waals surface area contributed by atoms with Gasteiger partial charge in [0, 0.05) is 30.5 Å². The molecule has 1 aromatic carbocycles. The smallest absolute Gasteiger partial charge is 0.389 e. The summed E-state index contributed by atoms with van der Waals surface area (Å²) in [6.07, 6.45) is 8.94. The first kappa shape index (κ1) is 27.6. The molecule has 1 aliphatic heterocycles. The van der Waals surface area contributed by atoms with E-state index in [9.17, 15) is 27.9 Å². The van der Waals surface area contributed by atoms with Crippen molar-refractivity contribution in [2.45, 2.75) is 58.4 Å². The van der Waals surface area contributed by atoms with Crippen molar-refractivity contribution < 1.29 is 27.9 Å². The van der Waals surface area contributed by atoms with Crippen molar-refractivity contribution in [1.29, 1.82) is 0 Å². The van der Waals surface area contributed by atoms with Gasteiger partial charge in [-0.15, -0.1) is 0 Å². The number of hydrogen-bond donors (Lipinski definition) is 1. The van der Waals surface area contributed by atoms with Gasteiger partial charge in [0.1, 0.15) is 5.92 Å². The number of carbonyl (C=O) groups is 2. The quantitative estimate of drug-likeness (QED) is 0.471. The zero-order valence-electron chi connectivity index (χ0n) is 22.4. The highest BCUT2D eigenvalue weighted by Gasteiger charge is 2.44. The van der Waals surface area contributed by atoms with E-state index < -0.39 is 35.6 Å². The lowest BCUT2D eigenvalue weighted by atomic mass is 9.85. The second-order valence-corrected chi connectivity index (χ2v) is 10.1.